The van der Waals surface area contributed by atoms with Crippen LogP contribution in [0.4, 0.5) is 4.79 Å². The number of ether oxygens (including phenoxy) is 1. The maximum absolute atomic E-state index is 11.5. The molecule has 0 radical (unpaired) electrons. The zero-order valence-corrected chi connectivity index (χ0v) is 13.1. The highest BCUT2D eigenvalue weighted by molar-refractivity contribution is 5.60. The quantitative estimate of drug-likeness (QED) is 0.429. The van der Waals surface area contributed by atoms with Gasteiger partial charge in [0.25, 0.3) is 0 Å². The van der Waals surface area contributed by atoms with Crippen LogP contribution in [-0.4, -0.2) is 17.0 Å². The molecule has 1 aliphatic carbocycles. The molecule has 1 N–H and O–H groups in total. The molecule has 0 aromatic rings. The number of rotatable bonds is 1. The second-order valence-electron chi connectivity index (χ2n) is 7.75. The van der Waals surface area contributed by atoms with E-state index in [1.54, 1.807) is 0 Å². The molecule has 0 bridgehead atoms. The second-order valence-corrected chi connectivity index (χ2v) is 7.75. The van der Waals surface area contributed by atoms with E-state index >= 15 is 0 Å². The Bertz CT molecular complexity index is 324. The van der Waals surface area contributed by atoms with E-state index in [9.17, 15) is 4.79 Å². The van der Waals surface area contributed by atoms with Gasteiger partial charge in [0.05, 0.1) is 0 Å². The molecule has 0 spiro atoms. The van der Waals surface area contributed by atoms with E-state index in [1.165, 1.54) is 0 Å². The molecule has 2 unspecified atom stereocenters. The lowest BCUT2D eigenvalue weighted by molar-refractivity contribution is -0.241. The van der Waals surface area contributed by atoms with Gasteiger partial charge in [0, 0.05) is 11.3 Å². The van der Waals surface area contributed by atoms with Crippen LogP contribution in [0.25, 0.3) is 0 Å². The first-order valence-electron chi connectivity index (χ1n) is 7.09. The molecular formula is C15H28O4. The maximum atomic E-state index is 11.5. The molecule has 0 aromatic carbocycles. The summed E-state index contributed by atoms with van der Waals surface area (Å²) in [6, 6.07) is 0. The molecular weight excluding hydrogens is 244 g/mol. The van der Waals surface area contributed by atoms with Crippen LogP contribution < -0.4 is 0 Å². The Balaban J connectivity index is 3.22. The van der Waals surface area contributed by atoms with Crippen molar-refractivity contribution in [2.75, 3.05) is 0 Å². The van der Waals surface area contributed by atoms with Crippen LogP contribution in [0.2, 0.25) is 0 Å². The van der Waals surface area contributed by atoms with Gasteiger partial charge < -0.3 is 4.74 Å². The summed E-state index contributed by atoms with van der Waals surface area (Å²) < 4.78 is 5.62. The summed E-state index contributed by atoms with van der Waals surface area (Å²) in [5.41, 5.74) is -0.772. The normalized spacial score (nSPS) is 28.9. The molecule has 19 heavy (non-hydrogen) atoms. The number of hydrogen-bond donors (Lipinski definition) is 1. The largest absolute Gasteiger partial charge is 0.540 e. The van der Waals surface area contributed by atoms with Crippen LogP contribution in [0.5, 0.6) is 0 Å². The first-order valence-corrected chi connectivity index (χ1v) is 7.09. The molecule has 1 fully saturated rings. The monoisotopic (exact) mass is 272 g/mol. The fraction of sp³-hybridized carbons (Fsp3) is 0.933. The van der Waals surface area contributed by atoms with Crippen LogP contribution >= 0.6 is 0 Å². The van der Waals surface area contributed by atoms with Crippen LogP contribution in [0, 0.1) is 16.7 Å². The fourth-order valence-corrected chi connectivity index (χ4v) is 3.62. The van der Waals surface area contributed by atoms with Gasteiger partial charge in [-0.2, -0.15) is 5.26 Å². The fourth-order valence-electron chi connectivity index (χ4n) is 3.62. The Morgan fingerprint density at radius 1 is 1.16 bits per heavy atom. The molecule has 4 heteroatoms. The third-order valence-electron chi connectivity index (χ3n) is 4.51. The minimum absolute atomic E-state index is 0.0312. The second kappa shape index (κ2) is 5.31. The van der Waals surface area contributed by atoms with Gasteiger partial charge in [0.15, 0.2) is 0 Å². The lowest BCUT2D eigenvalue weighted by atomic mass is 9.55. The van der Waals surface area contributed by atoms with E-state index in [-0.39, 0.29) is 16.7 Å². The van der Waals surface area contributed by atoms with Gasteiger partial charge in [-0.1, -0.05) is 48.0 Å². The third-order valence-corrected chi connectivity index (χ3v) is 4.51. The molecule has 1 rings (SSSR count). The average Bonchev–Trinajstić information content (AvgIpc) is 2.26. The smallest absolute Gasteiger partial charge is 0.425 e. The molecule has 4 nitrogen and oxygen atoms in total. The van der Waals surface area contributed by atoms with Gasteiger partial charge in [-0.05, 0) is 24.7 Å². The number of carbonyl (C=O) groups excluding carboxylic acids is 1. The van der Waals surface area contributed by atoms with Crippen molar-refractivity contribution in [3.05, 3.63) is 0 Å². The predicted molar refractivity (Wildman–Crippen MR) is 73.8 cm³/mol. The number of carbonyl (C=O) groups is 1. The standard InChI is InChI=1S/C15H28O4/c1-13(2,3)11-9-7-8-10-15(11,14(4,5)6)18-12(16)19-17/h11,17H,7-10H2,1-6H3. The Morgan fingerprint density at radius 2 is 1.74 bits per heavy atom. The molecule has 0 aliphatic heterocycles. The van der Waals surface area contributed by atoms with Crippen molar-refractivity contribution in [2.24, 2.45) is 16.7 Å². The van der Waals surface area contributed by atoms with E-state index in [0.29, 0.717) is 0 Å². The van der Waals surface area contributed by atoms with Crippen molar-refractivity contribution in [1.29, 1.82) is 0 Å². The molecule has 1 saturated carbocycles. The highest BCUT2D eigenvalue weighted by Gasteiger charge is 2.56. The summed E-state index contributed by atoms with van der Waals surface area (Å²) in [5.74, 6) is 0.243. The van der Waals surface area contributed by atoms with Crippen LogP contribution in [0.3, 0.4) is 0 Å². The first kappa shape index (κ1) is 16.3. The molecule has 112 valence electrons. The van der Waals surface area contributed by atoms with E-state index in [1.807, 2.05) is 0 Å². The molecule has 0 heterocycles. The van der Waals surface area contributed by atoms with Crippen LogP contribution in [-0.2, 0) is 9.62 Å². The maximum Gasteiger partial charge on any atom is 0.540 e. The van der Waals surface area contributed by atoms with Gasteiger partial charge >= 0.3 is 6.16 Å². The summed E-state index contributed by atoms with van der Waals surface area (Å²) >= 11 is 0. The Hall–Kier alpha value is -0.770. The third kappa shape index (κ3) is 3.22. The Morgan fingerprint density at radius 3 is 2.16 bits per heavy atom. The average molecular weight is 272 g/mol. The van der Waals surface area contributed by atoms with Crippen molar-refractivity contribution in [3.8, 4) is 0 Å². The van der Waals surface area contributed by atoms with Crippen molar-refractivity contribution >= 4 is 6.16 Å². The van der Waals surface area contributed by atoms with E-state index in [0.717, 1.165) is 25.7 Å². The summed E-state index contributed by atoms with van der Waals surface area (Å²) in [5, 5.41) is 8.56. The van der Waals surface area contributed by atoms with Crippen molar-refractivity contribution < 1.29 is 19.7 Å². The summed E-state index contributed by atoms with van der Waals surface area (Å²) in [7, 11) is 0. The lowest BCUT2D eigenvalue weighted by Crippen LogP contribution is -2.57. The van der Waals surface area contributed by atoms with Gasteiger partial charge in [0.2, 0.25) is 0 Å². The van der Waals surface area contributed by atoms with Crippen molar-refractivity contribution in [2.45, 2.75) is 72.8 Å². The highest BCUT2D eigenvalue weighted by atomic mass is 17.1. The topological polar surface area (TPSA) is 55.8 Å². The van der Waals surface area contributed by atoms with Crippen LogP contribution in [0.15, 0.2) is 0 Å². The Labute approximate surface area is 116 Å². The first-order chi connectivity index (χ1) is 8.54. The van der Waals surface area contributed by atoms with Crippen LogP contribution in [0.1, 0.15) is 67.2 Å². The van der Waals surface area contributed by atoms with Gasteiger partial charge in [0.1, 0.15) is 5.60 Å². The molecule has 0 aromatic heterocycles. The van der Waals surface area contributed by atoms with E-state index in [4.69, 9.17) is 9.99 Å². The van der Waals surface area contributed by atoms with Gasteiger partial charge in [-0.15, -0.1) is 0 Å². The highest BCUT2D eigenvalue weighted by Crippen LogP contribution is 2.54. The Kier molecular flexibility index (Phi) is 4.55. The van der Waals surface area contributed by atoms with Crippen molar-refractivity contribution in [3.63, 3.8) is 0 Å². The molecule has 0 saturated heterocycles. The summed E-state index contributed by atoms with van der Waals surface area (Å²) in [6.45, 7) is 12.8. The SMILES string of the molecule is CC(C)(C)C1CCCCC1(OC(=O)OO)C(C)(C)C. The van der Waals surface area contributed by atoms with Gasteiger partial charge in [-0.25, -0.2) is 4.79 Å². The van der Waals surface area contributed by atoms with E-state index in [2.05, 4.69) is 46.4 Å². The zero-order valence-electron chi connectivity index (χ0n) is 13.1. The summed E-state index contributed by atoms with van der Waals surface area (Å²) in [4.78, 5) is 15.3. The minimum Gasteiger partial charge on any atom is -0.425 e. The lowest BCUT2D eigenvalue weighted by Gasteiger charge is -2.55. The molecule has 0 amide bonds. The zero-order chi connectivity index (χ0) is 14.9. The predicted octanol–water partition coefficient (Wildman–Crippen LogP) is 4.63. The molecule has 1 aliphatic rings. The van der Waals surface area contributed by atoms with Gasteiger partial charge in [-0.3, -0.25) is 4.89 Å². The minimum atomic E-state index is -0.994. The number of hydrogen-bond acceptors (Lipinski definition) is 4. The van der Waals surface area contributed by atoms with Crippen molar-refractivity contribution in [1.82, 2.24) is 0 Å². The molecule has 2 atom stereocenters. The summed E-state index contributed by atoms with van der Waals surface area (Å²) in [6.07, 6.45) is 3.03. The van der Waals surface area contributed by atoms with E-state index < -0.39 is 11.8 Å².